The van der Waals surface area contributed by atoms with Crippen molar-refractivity contribution < 1.29 is 19.1 Å². The Hall–Kier alpha value is -1.89. The van der Waals surface area contributed by atoms with Gasteiger partial charge in [0.25, 0.3) is 0 Å². The smallest absolute Gasteiger partial charge is 0.333 e. The average molecular weight is 456 g/mol. The second-order valence-corrected chi connectivity index (χ2v) is 9.44. The molecule has 7 nitrogen and oxygen atoms in total. The molecule has 188 valence electrons. The summed E-state index contributed by atoms with van der Waals surface area (Å²) < 4.78 is 4.96. The molecule has 0 aromatic carbocycles. The van der Waals surface area contributed by atoms with E-state index in [-0.39, 0.29) is 18.4 Å². The third-order valence-corrected chi connectivity index (χ3v) is 5.48. The predicted octanol–water partition coefficient (Wildman–Crippen LogP) is 4.02. The summed E-state index contributed by atoms with van der Waals surface area (Å²) in [4.78, 5) is 41.5. The number of rotatable bonds is 10. The second kappa shape index (κ2) is 15.0. The fourth-order valence-electron chi connectivity index (χ4n) is 3.23. The lowest BCUT2D eigenvalue weighted by molar-refractivity contribution is -0.142. The summed E-state index contributed by atoms with van der Waals surface area (Å²) in [5.41, 5.74) is -0.685. The number of ether oxygens (including phenoxy) is 1. The SMILES string of the molecule is CCC.CCOC(=O)/C(C)=C/CN(C)C(=O)C(NC(=O)C(CC)(CC)N(C)C)C(C)(C)C. The van der Waals surface area contributed by atoms with Crippen molar-refractivity contribution in [2.24, 2.45) is 5.41 Å². The Morgan fingerprint density at radius 3 is 1.78 bits per heavy atom. The molecule has 0 aromatic rings. The van der Waals surface area contributed by atoms with Crippen LogP contribution in [0.4, 0.5) is 0 Å². The monoisotopic (exact) mass is 455 g/mol. The highest BCUT2D eigenvalue weighted by Crippen LogP contribution is 2.26. The second-order valence-electron chi connectivity index (χ2n) is 9.44. The summed E-state index contributed by atoms with van der Waals surface area (Å²) in [5.74, 6) is -0.735. The van der Waals surface area contributed by atoms with E-state index in [1.165, 1.54) is 11.3 Å². The van der Waals surface area contributed by atoms with Gasteiger partial charge in [0.1, 0.15) is 6.04 Å². The molecule has 0 bridgehead atoms. The van der Waals surface area contributed by atoms with Crippen LogP contribution in [0.3, 0.4) is 0 Å². The third-order valence-electron chi connectivity index (χ3n) is 5.48. The van der Waals surface area contributed by atoms with Crippen molar-refractivity contribution in [2.75, 3.05) is 34.3 Å². The maximum Gasteiger partial charge on any atom is 0.333 e. The van der Waals surface area contributed by atoms with Crippen molar-refractivity contribution in [1.29, 1.82) is 0 Å². The number of carbonyl (C=O) groups is 3. The Balaban J connectivity index is 0. The van der Waals surface area contributed by atoms with E-state index in [1.54, 1.807) is 27.0 Å². The molecule has 0 heterocycles. The number of nitrogens with zero attached hydrogens (tertiary/aromatic N) is 2. The van der Waals surface area contributed by atoms with Crippen LogP contribution in [0.15, 0.2) is 11.6 Å². The number of esters is 1. The van der Waals surface area contributed by atoms with Gasteiger partial charge in [0.2, 0.25) is 11.8 Å². The zero-order valence-corrected chi connectivity index (χ0v) is 22.7. The number of hydrogen-bond acceptors (Lipinski definition) is 5. The fraction of sp³-hybridized carbons (Fsp3) is 0.800. The molecular formula is C25H49N3O4. The van der Waals surface area contributed by atoms with Crippen LogP contribution >= 0.6 is 0 Å². The van der Waals surface area contributed by atoms with Gasteiger partial charge in [-0.1, -0.05) is 61.0 Å². The van der Waals surface area contributed by atoms with Crippen LogP contribution in [-0.4, -0.2) is 73.5 Å². The molecule has 0 aliphatic carbocycles. The van der Waals surface area contributed by atoms with E-state index in [4.69, 9.17) is 4.74 Å². The molecule has 0 saturated heterocycles. The Morgan fingerprint density at radius 1 is 0.969 bits per heavy atom. The molecule has 0 spiro atoms. The first-order chi connectivity index (χ1) is 14.7. The highest BCUT2D eigenvalue weighted by molar-refractivity contribution is 5.92. The number of likely N-dealkylation sites (N-methyl/N-ethyl adjacent to an activating group) is 2. The lowest BCUT2D eigenvalue weighted by Gasteiger charge is -2.40. The molecule has 32 heavy (non-hydrogen) atoms. The molecule has 7 heteroatoms. The van der Waals surface area contributed by atoms with Gasteiger partial charge in [-0.15, -0.1) is 0 Å². The minimum Gasteiger partial charge on any atom is -0.463 e. The largest absolute Gasteiger partial charge is 0.463 e. The molecule has 0 radical (unpaired) electrons. The summed E-state index contributed by atoms with van der Waals surface area (Å²) in [6.07, 6.45) is 4.20. The molecule has 0 aromatic heterocycles. The topological polar surface area (TPSA) is 79.0 Å². The molecule has 1 atom stereocenters. The molecular weight excluding hydrogens is 406 g/mol. The predicted molar refractivity (Wildman–Crippen MR) is 132 cm³/mol. The molecule has 1 N–H and O–H groups in total. The van der Waals surface area contributed by atoms with Crippen LogP contribution in [0.1, 0.15) is 81.6 Å². The number of carbonyl (C=O) groups excluding carboxylic acids is 3. The maximum absolute atomic E-state index is 13.2. The first-order valence-corrected chi connectivity index (χ1v) is 11.8. The highest BCUT2D eigenvalue weighted by atomic mass is 16.5. The van der Waals surface area contributed by atoms with Gasteiger partial charge >= 0.3 is 5.97 Å². The molecule has 0 saturated carbocycles. The summed E-state index contributed by atoms with van der Waals surface area (Å²) >= 11 is 0. The molecule has 2 amide bonds. The van der Waals surface area contributed by atoms with E-state index >= 15 is 0 Å². The lowest BCUT2D eigenvalue weighted by atomic mass is 9.83. The van der Waals surface area contributed by atoms with Gasteiger partial charge in [0.05, 0.1) is 12.1 Å². The first kappa shape index (κ1) is 32.3. The van der Waals surface area contributed by atoms with Crippen LogP contribution in [0.5, 0.6) is 0 Å². The van der Waals surface area contributed by atoms with Gasteiger partial charge in [0, 0.05) is 19.2 Å². The fourth-order valence-corrected chi connectivity index (χ4v) is 3.23. The van der Waals surface area contributed by atoms with Gasteiger partial charge in [-0.25, -0.2) is 4.79 Å². The standard InChI is InChI=1S/C22H41N3O4.C3H8/c1-11-22(12-2,24(8)9)20(28)23-17(21(5,6)7)18(26)25(10)15-14-16(4)19(27)29-13-3;1-3-2/h14,17H,11-13,15H2,1-10H3,(H,23,28);3H2,1-2H3/b16-14+;. The van der Waals surface area contributed by atoms with Crippen LogP contribution in [0.25, 0.3) is 0 Å². The van der Waals surface area contributed by atoms with Crippen molar-refractivity contribution in [3.05, 3.63) is 11.6 Å². The first-order valence-electron chi connectivity index (χ1n) is 11.8. The molecule has 0 aliphatic heterocycles. The van der Waals surface area contributed by atoms with Gasteiger partial charge in [-0.05, 0) is 46.2 Å². The number of amides is 2. The van der Waals surface area contributed by atoms with Crippen LogP contribution < -0.4 is 5.32 Å². The Bertz CT molecular complexity index is 617. The van der Waals surface area contributed by atoms with Gasteiger partial charge < -0.3 is 15.0 Å². The Labute approximate surface area is 196 Å². The van der Waals surface area contributed by atoms with Crippen molar-refractivity contribution >= 4 is 17.8 Å². The summed E-state index contributed by atoms with van der Waals surface area (Å²) in [7, 11) is 5.44. The quantitative estimate of drug-likeness (QED) is 0.398. The van der Waals surface area contributed by atoms with Crippen LogP contribution in [-0.2, 0) is 19.1 Å². The van der Waals surface area contributed by atoms with E-state index in [1.807, 2.05) is 53.6 Å². The van der Waals surface area contributed by atoms with Crippen molar-refractivity contribution in [1.82, 2.24) is 15.1 Å². The van der Waals surface area contributed by atoms with E-state index in [2.05, 4.69) is 19.2 Å². The number of nitrogens with one attached hydrogen (secondary N) is 1. The summed E-state index contributed by atoms with van der Waals surface area (Å²) in [5, 5.41) is 3.01. The van der Waals surface area contributed by atoms with E-state index in [0.29, 0.717) is 25.0 Å². The number of hydrogen-bond donors (Lipinski definition) is 1. The Morgan fingerprint density at radius 2 is 1.44 bits per heavy atom. The van der Waals surface area contributed by atoms with Crippen LogP contribution in [0, 0.1) is 5.41 Å². The Kier molecular flexibility index (Phi) is 15.2. The minimum absolute atomic E-state index is 0.146. The zero-order valence-electron chi connectivity index (χ0n) is 22.7. The van der Waals surface area contributed by atoms with Gasteiger partial charge in [0.15, 0.2) is 0 Å². The van der Waals surface area contributed by atoms with Crippen LogP contribution in [0.2, 0.25) is 0 Å². The van der Waals surface area contributed by atoms with Gasteiger partial charge in [-0.2, -0.15) is 0 Å². The molecule has 0 aliphatic rings. The van der Waals surface area contributed by atoms with Crippen molar-refractivity contribution in [2.45, 2.75) is 93.2 Å². The van der Waals surface area contributed by atoms with E-state index < -0.39 is 23.0 Å². The minimum atomic E-state index is -0.686. The maximum atomic E-state index is 13.2. The van der Waals surface area contributed by atoms with E-state index in [0.717, 1.165) is 0 Å². The summed E-state index contributed by atoms with van der Waals surface area (Å²) in [6, 6.07) is -0.686. The van der Waals surface area contributed by atoms with Crippen molar-refractivity contribution in [3.63, 3.8) is 0 Å². The highest BCUT2D eigenvalue weighted by Gasteiger charge is 2.42. The zero-order chi connectivity index (χ0) is 25.7. The molecule has 0 rings (SSSR count). The summed E-state index contributed by atoms with van der Waals surface area (Å²) in [6.45, 7) is 18.0. The molecule has 1 unspecified atom stereocenters. The van der Waals surface area contributed by atoms with E-state index in [9.17, 15) is 14.4 Å². The van der Waals surface area contributed by atoms with Crippen molar-refractivity contribution in [3.8, 4) is 0 Å². The lowest BCUT2D eigenvalue weighted by Crippen LogP contribution is -2.62. The average Bonchev–Trinajstić information content (AvgIpc) is 2.70. The third kappa shape index (κ3) is 9.72. The normalized spacial score (nSPS) is 13.1. The van der Waals surface area contributed by atoms with Gasteiger partial charge in [-0.3, -0.25) is 14.5 Å². The molecule has 0 fully saturated rings.